The molecule has 3 amide bonds. The van der Waals surface area contributed by atoms with E-state index in [0.29, 0.717) is 56.6 Å². The number of rotatable bonds is 11. The summed E-state index contributed by atoms with van der Waals surface area (Å²) in [7, 11) is 0. The van der Waals surface area contributed by atoms with Gasteiger partial charge in [-0.1, -0.05) is 30.3 Å². The van der Waals surface area contributed by atoms with Crippen molar-refractivity contribution in [1.29, 1.82) is 0 Å². The fourth-order valence-corrected chi connectivity index (χ4v) is 5.67. The fourth-order valence-electron chi connectivity index (χ4n) is 5.04. The Hall–Kier alpha value is -3.80. The molecule has 4 rings (SSSR count). The Morgan fingerprint density at radius 2 is 1.97 bits per heavy atom. The lowest BCUT2D eigenvalue weighted by molar-refractivity contribution is -0.151. The maximum Gasteiger partial charge on any atom is 0.243 e. The molecule has 12 heteroatoms. The van der Waals surface area contributed by atoms with E-state index in [-0.39, 0.29) is 42.1 Å². The van der Waals surface area contributed by atoms with Crippen molar-refractivity contribution in [3.63, 3.8) is 0 Å². The fraction of sp³-hybridized carbons (Fsp3) is 0.462. The van der Waals surface area contributed by atoms with E-state index in [1.54, 1.807) is 15.2 Å². The summed E-state index contributed by atoms with van der Waals surface area (Å²) in [5.74, 6) is -1.01. The first-order chi connectivity index (χ1) is 18.3. The van der Waals surface area contributed by atoms with Crippen LogP contribution >= 0.6 is 11.3 Å². The monoisotopic (exact) mass is 539 g/mol. The second-order valence-corrected chi connectivity index (χ2v) is 10.4. The molecule has 2 aliphatic rings. The van der Waals surface area contributed by atoms with Crippen LogP contribution in [0.2, 0.25) is 0 Å². The number of hydrogen-bond donors (Lipinski definition) is 3. The Morgan fingerprint density at radius 3 is 2.68 bits per heavy atom. The first-order valence-electron chi connectivity index (χ1n) is 12.8. The number of benzene rings is 1. The van der Waals surface area contributed by atoms with Gasteiger partial charge in [-0.15, -0.1) is 11.3 Å². The molecule has 38 heavy (non-hydrogen) atoms. The van der Waals surface area contributed by atoms with Crippen molar-refractivity contribution in [1.82, 2.24) is 20.1 Å². The first-order valence-corrected chi connectivity index (χ1v) is 13.6. The lowest BCUT2D eigenvalue weighted by Gasteiger charge is -2.39. The SMILES string of the molecule is NC(N)=NCCCC(NC(=O)C1CCC2CN(C(=O)CCc3ccccc3)CC(=O)N21)C(=O)c1nccs1. The van der Waals surface area contributed by atoms with Crippen molar-refractivity contribution in [2.45, 2.75) is 56.7 Å². The molecule has 3 unspecified atom stereocenters. The summed E-state index contributed by atoms with van der Waals surface area (Å²) in [6.45, 7) is 0.682. The number of aromatic nitrogens is 1. The molecule has 3 atom stereocenters. The van der Waals surface area contributed by atoms with Crippen molar-refractivity contribution >= 4 is 40.8 Å². The number of aliphatic imine (C=N–C) groups is 1. The number of carbonyl (C=O) groups is 4. The zero-order valence-electron chi connectivity index (χ0n) is 21.1. The highest BCUT2D eigenvalue weighted by atomic mass is 32.1. The van der Waals surface area contributed by atoms with Crippen molar-refractivity contribution in [2.24, 2.45) is 16.5 Å². The summed E-state index contributed by atoms with van der Waals surface area (Å²) in [6.07, 6.45) is 4.37. The number of piperazine rings is 1. The van der Waals surface area contributed by atoms with E-state index in [0.717, 1.165) is 5.56 Å². The molecule has 0 bridgehead atoms. The number of nitrogens with one attached hydrogen (secondary N) is 1. The van der Waals surface area contributed by atoms with Crippen LogP contribution in [0.25, 0.3) is 0 Å². The number of Topliss-reactive ketones (excluding diaryl/α,β-unsaturated/α-hetero) is 1. The first kappa shape index (κ1) is 27.2. The molecule has 0 spiro atoms. The van der Waals surface area contributed by atoms with Gasteiger partial charge in [-0.2, -0.15) is 0 Å². The smallest absolute Gasteiger partial charge is 0.243 e. The maximum absolute atomic E-state index is 13.3. The molecular weight excluding hydrogens is 506 g/mol. The van der Waals surface area contributed by atoms with Crippen molar-refractivity contribution in [2.75, 3.05) is 19.6 Å². The van der Waals surface area contributed by atoms with Crippen LogP contribution in [0.15, 0.2) is 46.9 Å². The Labute approximate surface area is 225 Å². The molecule has 3 heterocycles. The van der Waals surface area contributed by atoms with Crippen LogP contribution in [0.5, 0.6) is 0 Å². The molecule has 2 aromatic rings. The summed E-state index contributed by atoms with van der Waals surface area (Å²) < 4.78 is 0. The molecule has 2 saturated heterocycles. The van der Waals surface area contributed by atoms with Crippen LogP contribution in [0.4, 0.5) is 0 Å². The molecular formula is C26H33N7O4S. The number of fused-ring (bicyclic) bond motifs is 1. The molecule has 202 valence electrons. The van der Waals surface area contributed by atoms with E-state index < -0.39 is 12.1 Å². The van der Waals surface area contributed by atoms with Gasteiger partial charge in [0.15, 0.2) is 11.0 Å². The molecule has 0 aliphatic carbocycles. The predicted molar refractivity (Wildman–Crippen MR) is 143 cm³/mol. The van der Waals surface area contributed by atoms with E-state index in [4.69, 9.17) is 11.5 Å². The zero-order valence-corrected chi connectivity index (χ0v) is 21.9. The summed E-state index contributed by atoms with van der Waals surface area (Å²) >= 11 is 1.21. The van der Waals surface area contributed by atoms with Gasteiger partial charge in [-0.05, 0) is 37.7 Å². The topological polar surface area (TPSA) is 164 Å². The van der Waals surface area contributed by atoms with E-state index >= 15 is 0 Å². The van der Waals surface area contributed by atoms with E-state index in [2.05, 4.69) is 15.3 Å². The third-order valence-corrected chi connectivity index (χ3v) is 7.68. The number of aryl methyl sites for hydroxylation is 1. The second-order valence-electron chi connectivity index (χ2n) is 9.52. The number of guanidine groups is 1. The van der Waals surface area contributed by atoms with Crippen LogP contribution in [0.1, 0.15) is 47.5 Å². The minimum atomic E-state index is -0.808. The van der Waals surface area contributed by atoms with Gasteiger partial charge in [-0.3, -0.25) is 24.2 Å². The molecule has 0 radical (unpaired) electrons. The third kappa shape index (κ3) is 6.74. The molecule has 5 N–H and O–H groups in total. The Kier molecular flexibility index (Phi) is 9.06. The molecule has 2 fully saturated rings. The lowest BCUT2D eigenvalue weighted by Crippen LogP contribution is -2.60. The number of nitrogens with zero attached hydrogens (tertiary/aromatic N) is 4. The van der Waals surface area contributed by atoms with E-state index in [1.807, 2.05) is 30.3 Å². The highest BCUT2D eigenvalue weighted by Gasteiger charge is 2.46. The summed E-state index contributed by atoms with van der Waals surface area (Å²) in [5, 5.41) is 4.86. The highest BCUT2D eigenvalue weighted by molar-refractivity contribution is 7.11. The molecule has 2 aliphatic heterocycles. The summed E-state index contributed by atoms with van der Waals surface area (Å²) in [4.78, 5) is 63.5. The number of hydrogen-bond acceptors (Lipinski definition) is 7. The van der Waals surface area contributed by atoms with Gasteiger partial charge in [0.1, 0.15) is 6.04 Å². The second kappa shape index (κ2) is 12.6. The molecule has 0 saturated carbocycles. The predicted octanol–water partition coefficient (Wildman–Crippen LogP) is 0.699. The standard InChI is InChI=1S/C26H33N7O4S/c27-26(28)30-12-4-7-19(23(36)25-29-13-14-38-25)31-24(37)20-10-9-18-15-32(16-22(35)33(18)20)21(34)11-8-17-5-2-1-3-6-17/h1-3,5-6,13-14,18-20H,4,7-12,15-16H2,(H,31,37)(H4,27,28,30). The van der Waals surface area contributed by atoms with Gasteiger partial charge < -0.3 is 26.6 Å². The number of nitrogens with two attached hydrogens (primary N) is 2. The quantitative estimate of drug-likeness (QED) is 0.164. The van der Waals surface area contributed by atoms with Crippen LogP contribution in [0, 0.1) is 0 Å². The maximum atomic E-state index is 13.3. The van der Waals surface area contributed by atoms with Gasteiger partial charge in [0.2, 0.25) is 23.5 Å². The van der Waals surface area contributed by atoms with Crippen LogP contribution < -0.4 is 16.8 Å². The van der Waals surface area contributed by atoms with Crippen LogP contribution in [-0.2, 0) is 20.8 Å². The number of ketones is 1. The molecule has 1 aromatic carbocycles. The van der Waals surface area contributed by atoms with Crippen molar-refractivity contribution < 1.29 is 19.2 Å². The normalized spacial score (nSPS) is 19.5. The van der Waals surface area contributed by atoms with E-state index in [9.17, 15) is 19.2 Å². The largest absolute Gasteiger partial charge is 0.370 e. The van der Waals surface area contributed by atoms with Gasteiger partial charge in [-0.25, -0.2) is 4.98 Å². The average molecular weight is 540 g/mol. The van der Waals surface area contributed by atoms with E-state index in [1.165, 1.54) is 17.5 Å². The third-order valence-electron chi connectivity index (χ3n) is 6.89. The summed E-state index contributed by atoms with van der Waals surface area (Å²) in [5.41, 5.74) is 11.8. The Balaban J connectivity index is 1.36. The van der Waals surface area contributed by atoms with Crippen molar-refractivity contribution in [3.05, 3.63) is 52.5 Å². The minimum Gasteiger partial charge on any atom is -0.370 e. The highest BCUT2D eigenvalue weighted by Crippen LogP contribution is 2.29. The van der Waals surface area contributed by atoms with Crippen LogP contribution in [-0.4, -0.2) is 82.0 Å². The van der Waals surface area contributed by atoms with Gasteiger partial charge >= 0.3 is 0 Å². The average Bonchev–Trinajstić information content (AvgIpc) is 3.60. The van der Waals surface area contributed by atoms with Crippen molar-refractivity contribution in [3.8, 4) is 0 Å². The lowest BCUT2D eigenvalue weighted by atomic mass is 10.1. The van der Waals surface area contributed by atoms with Gasteiger partial charge in [0.25, 0.3) is 0 Å². The number of carbonyl (C=O) groups excluding carboxylic acids is 4. The van der Waals surface area contributed by atoms with Gasteiger partial charge in [0.05, 0.1) is 18.6 Å². The minimum absolute atomic E-state index is 0.0370. The summed E-state index contributed by atoms with van der Waals surface area (Å²) in [6, 6.07) is 8.04. The molecule has 11 nitrogen and oxygen atoms in total. The van der Waals surface area contributed by atoms with Crippen LogP contribution in [0.3, 0.4) is 0 Å². The van der Waals surface area contributed by atoms with Gasteiger partial charge in [0, 0.05) is 31.1 Å². The number of amides is 3. The zero-order chi connectivity index (χ0) is 27.1. The number of thiazole rings is 1. The Morgan fingerprint density at radius 1 is 1.18 bits per heavy atom. The molecule has 1 aromatic heterocycles. The Bertz CT molecular complexity index is 1170.